The Kier molecular flexibility index (Phi) is 5.85. The fourth-order valence-corrected chi connectivity index (χ4v) is 2.76. The van der Waals surface area contributed by atoms with Gasteiger partial charge in [-0.1, -0.05) is 15.9 Å². The molecule has 0 bridgehead atoms. The average Bonchev–Trinajstić information content (AvgIpc) is 3.17. The van der Waals surface area contributed by atoms with Crippen LogP contribution in [0.3, 0.4) is 0 Å². The first-order chi connectivity index (χ1) is 13.5. The van der Waals surface area contributed by atoms with Gasteiger partial charge in [0.15, 0.2) is 0 Å². The number of ether oxygens (including phenoxy) is 1. The van der Waals surface area contributed by atoms with Crippen molar-refractivity contribution in [1.82, 2.24) is 5.43 Å². The topological polar surface area (TPSA) is 107 Å². The van der Waals surface area contributed by atoms with Crippen LogP contribution in [0.2, 0.25) is 0 Å². The Morgan fingerprint density at radius 2 is 1.96 bits per heavy atom. The summed E-state index contributed by atoms with van der Waals surface area (Å²) in [5.74, 6) is 0.928. The third kappa shape index (κ3) is 4.44. The summed E-state index contributed by atoms with van der Waals surface area (Å²) in [6.45, 7) is 0. The second kappa shape index (κ2) is 8.49. The molecule has 1 heterocycles. The summed E-state index contributed by atoms with van der Waals surface area (Å²) in [4.78, 5) is 22.5. The number of nitro benzene ring substituents is 1. The molecule has 1 N–H and O–H groups in total. The van der Waals surface area contributed by atoms with E-state index in [1.807, 2.05) is 0 Å². The van der Waals surface area contributed by atoms with E-state index in [-0.39, 0.29) is 5.69 Å². The number of benzene rings is 2. The summed E-state index contributed by atoms with van der Waals surface area (Å²) >= 11 is 3.31. The first-order valence-electron chi connectivity index (χ1n) is 7.99. The van der Waals surface area contributed by atoms with E-state index in [4.69, 9.17) is 9.15 Å². The fourth-order valence-electron chi connectivity index (χ4n) is 2.40. The van der Waals surface area contributed by atoms with Gasteiger partial charge in [-0.3, -0.25) is 14.9 Å². The molecule has 0 unspecified atom stereocenters. The van der Waals surface area contributed by atoms with E-state index in [0.717, 1.165) is 4.47 Å². The summed E-state index contributed by atoms with van der Waals surface area (Å²) in [5, 5.41) is 14.6. The molecule has 8 nitrogen and oxygen atoms in total. The van der Waals surface area contributed by atoms with Gasteiger partial charge in [0.1, 0.15) is 17.3 Å². The molecule has 2 aromatic carbocycles. The minimum atomic E-state index is -0.465. The lowest BCUT2D eigenvalue weighted by Crippen LogP contribution is -2.18. The van der Waals surface area contributed by atoms with E-state index in [2.05, 4.69) is 26.5 Å². The first-order valence-corrected chi connectivity index (χ1v) is 8.79. The van der Waals surface area contributed by atoms with Crippen LogP contribution in [0.4, 0.5) is 5.69 Å². The highest BCUT2D eigenvalue weighted by atomic mass is 79.9. The van der Waals surface area contributed by atoms with Gasteiger partial charge in [0.05, 0.1) is 23.8 Å². The molecule has 0 aliphatic heterocycles. The highest BCUT2D eigenvalue weighted by Crippen LogP contribution is 2.24. The third-order valence-electron chi connectivity index (χ3n) is 3.75. The molecule has 1 aromatic heterocycles. The van der Waals surface area contributed by atoms with Crippen molar-refractivity contribution in [2.75, 3.05) is 7.11 Å². The number of nitro groups is 1. The summed E-state index contributed by atoms with van der Waals surface area (Å²) in [5.41, 5.74) is 3.44. The first kappa shape index (κ1) is 19.3. The molecule has 1 amide bonds. The molecule has 0 spiro atoms. The van der Waals surface area contributed by atoms with E-state index in [9.17, 15) is 14.9 Å². The molecule has 142 valence electrons. The number of carbonyl (C=O) groups is 1. The number of carbonyl (C=O) groups excluding carboxylic acids is 1. The number of hydrogen-bond donors (Lipinski definition) is 1. The van der Waals surface area contributed by atoms with Crippen LogP contribution in [0.15, 0.2) is 68.6 Å². The zero-order valence-corrected chi connectivity index (χ0v) is 16.2. The standard InChI is InChI=1S/C19H14BrN3O5/c1-27-18-8-4-13(20)10-16(18)19(24)22-21-11-15-7-9-17(28-15)12-2-5-14(6-3-12)23(25)26/h2-11H,1H3,(H,22,24)/b21-11-. The zero-order chi connectivity index (χ0) is 20.1. The van der Waals surface area contributed by atoms with E-state index in [0.29, 0.717) is 28.4 Å². The van der Waals surface area contributed by atoms with Crippen LogP contribution >= 0.6 is 15.9 Å². The Morgan fingerprint density at radius 3 is 2.64 bits per heavy atom. The third-order valence-corrected chi connectivity index (χ3v) is 4.25. The van der Waals surface area contributed by atoms with Gasteiger partial charge in [-0.05, 0) is 42.5 Å². The molecule has 0 radical (unpaired) electrons. The fraction of sp³-hybridized carbons (Fsp3) is 0.0526. The Hall–Kier alpha value is -3.46. The van der Waals surface area contributed by atoms with Crippen molar-refractivity contribution < 1.29 is 18.9 Å². The molecule has 0 saturated heterocycles. The lowest BCUT2D eigenvalue weighted by molar-refractivity contribution is -0.384. The van der Waals surface area contributed by atoms with E-state index < -0.39 is 10.8 Å². The number of furan rings is 1. The number of nitrogens with zero attached hydrogens (tertiary/aromatic N) is 2. The van der Waals surface area contributed by atoms with Crippen molar-refractivity contribution in [3.05, 3.63) is 80.5 Å². The maximum absolute atomic E-state index is 12.3. The zero-order valence-electron chi connectivity index (χ0n) is 14.6. The molecule has 9 heteroatoms. The predicted octanol–water partition coefficient (Wildman–Crippen LogP) is 4.39. The maximum atomic E-state index is 12.3. The Labute approximate surface area is 168 Å². The van der Waals surface area contributed by atoms with Crippen molar-refractivity contribution in [2.45, 2.75) is 0 Å². The van der Waals surface area contributed by atoms with Crippen molar-refractivity contribution >= 4 is 33.7 Å². The van der Waals surface area contributed by atoms with Crippen molar-refractivity contribution in [1.29, 1.82) is 0 Å². The van der Waals surface area contributed by atoms with Gasteiger partial charge in [-0.15, -0.1) is 0 Å². The van der Waals surface area contributed by atoms with Gasteiger partial charge in [-0.2, -0.15) is 5.10 Å². The molecule has 0 aliphatic carbocycles. The number of non-ortho nitro benzene ring substituents is 1. The second-order valence-electron chi connectivity index (χ2n) is 5.55. The Morgan fingerprint density at radius 1 is 1.21 bits per heavy atom. The van der Waals surface area contributed by atoms with E-state index in [1.165, 1.54) is 25.5 Å². The largest absolute Gasteiger partial charge is 0.496 e. The van der Waals surface area contributed by atoms with Gasteiger partial charge in [-0.25, -0.2) is 5.43 Å². The number of rotatable bonds is 6. The number of amides is 1. The maximum Gasteiger partial charge on any atom is 0.275 e. The molecule has 28 heavy (non-hydrogen) atoms. The molecular formula is C19H14BrN3O5. The van der Waals surface area contributed by atoms with Crippen LogP contribution in [-0.4, -0.2) is 24.2 Å². The van der Waals surface area contributed by atoms with E-state index in [1.54, 1.807) is 42.5 Å². The van der Waals surface area contributed by atoms with Crippen LogP contribution in [0, 0.1) is 10.1 Å². The Balaban J connectivity index is 1.68. The average molecular weight is 444 g/mol. The van der Waals surface area contributed by atoms with Crippen molar-refractivity contribution in [3.8, 4) is 17.1 Å². The minimum absolute atomic E-state index is 0.00258. The quantitative estimate of drug-likeness (QED) is 0.345. The summed E-state index contributed by atoms with van der Waals surface area (Å²) in [6, 6.07) is 14.4. The number of methoxy groups -OCH3 is 1. The lowest BCUT2D eigenvalue weighted by atomic mass is 10.1. The molecule has 0 fully saturated rings. The van der Waals surface area contributed by atoms with Gasteiger partial charge in [0.25, 0.3) is 11.6 Å². The van der Waals surface area contributed by atoms with Crippen LogP contribution in [0.5, 0.6) is 5.75 Å². The normalized spacial score (nSPS) is 10.8. The molecular weight excluding hydrogens is 430 g/mol. The lowest BCUT2D eigenvalue weighted by Gasteiger charge is -2.07. The summed E-state index contributed by atoms with van der Waals surface area (Å²) in [7, 11) is 1.48. The molecule has 0 aliphatic rings. The summed E-state index contributed by atoms with van der Waals surface area (Å²) < 4.78 is 11.5. The SMILES string of the molecule is COc1ccc(Br)cc1C(=O)N/N=C\c1ccc(-c2ccc([N+](=O)[O-])cc2)o1. The highest BCUT2D eigenvalue weighted by molar-refractivity contribution is 9.10. The Bertz CT molecular complexity index is 1040. The summed E-state index contributed by atoms with van der Waals surface area (Å²) in [6.07, 6.45) is 1.36. The van der Waals surface area contributed by atoms with Crippen LogP contribution < -0.4 is 10.2 Å². The van der Waals surface area contributed by atoms with Gasteiger partial charge in [0, 0.05) is 22.2 Å². The number of halogens is 1. The number of hydrogen-bond acceptors (Lipinski definition) is 6. The van der Waals surface area contributed by atoms with Crippen LogP contribution in [-0.2, 0) is 0 Å². The van der Waals surface area contributed by atoms with Gasteiger partial charge >= 0.3 is 0 Å². The monoisotopic (exact) mass is 443 g/mol. The molecule has 0 saturated carbocycles. The second-order valence-corrected chi connectivity index (χ2v) is 6.47. The molecule has 0 atom stereocenters. The van der Waals surface area contributed by atoms with Gasteiger partial charge < -0.3 is 9.15 Å². The number of nitrogens with one attached hydrogen (secondary N) is 1. The predicted molar refractivity (Wildman–Crippen MR) is 107 cm³/mol. The van der Waals surface area contributed by atoms with Crippen LogP contribution in [0.1, 0.15) is 16.1 Å². The van der Waals surface area contributed by atoms with Crippen LogP contribution in [0.25, 0.3) is 11.3 Å². The molecule has 3 aromatic rings. The highest BCUT2D eigenvalue weighted by Gasteiger charge is 2.12. The van der Waals surface area contributed by atoms with Gasteiger partial charge in [0.2, 0.25) is 0 Å². The number of hydrazone groups is 1. The van der Waals surface area contributed by atoms with Crippen molar-refractivity contribution in [2.24, 2.45) is 5.10 Å². The van der Waals surface area contributed by atoms with E-state index >= 15 is 0 Å². The van der Waals surface area contributed by atoms with Crippen molar-refractivity contribution in [3.63, 3.8) is 0 Å². The smallest absolute Gasteiger partial charge is 0.275 e. The molecule has 3 rings (SSSR count). The minimum Gasteiger partial charge on any atom is -0.496 e.